The molecule has 1 aliphatic rings. The van der Waals surface area contributed by atoms with E-state index >= 15 is 0 Å². The van der Waals surface area contributed by atoms with E-state index in [0.29, 0.717) is 12.1 Å². The molecular weight excluding hydrogens is 152 g/mol. The fraction of sp³-hybridized carbons (Fsp3) is 0.889. The molecule has 1 rings (SSSR count). The molecule has 70 valence electrons. The van der Waals surface area contributed by atoms with Gasteiger partial charge in [-0.1, -0.05) is 0 Å². The lowest BCUT2D eigenvalue weighted by atomic mass is 10.3. The maximum Gasteiger partial charge on any atom is 0.317 e. The highest BCUT2D eigenvalue weighted by Crippen LogP contribution is 2.19. The van der Waals surface area contributed by atoms with Crippen LogP contribution in [0.5, 0.6) is 0 Å². The van der Waals surface area contributed by atoms with E-state index in [0.717, 1.165) is 19.4 Å². The number of hydrogen-bond donors (Lipinski definition) is 1. The third-order valence-corrected chi connectivity index (χ3v) is 2.13. The third-order valence-electron chi connectivity index (χ3n) is 2.13. The molecule has 0 atom stereocenters. The monoisotopic (exact) mass is 170 g/mol. The van der Waals surface area contributed by atoms with Gasteiger partial charge in [0.15, 0.2) is 0 Å². The number of amides is 2. The summed E-state index contributed by atoms with van der Waals surface area (Å²) in [6, 6.07) is 0.856. The van der Waals surface area contributed by atoms with Crippen LogP contribution in [-0.2, 0) is 0 Å². The van der Waals surface area contributed by atoms with Crippen molar-refractivity contribution in [1.29, 1.82) is 0 Å². The predicted molar refractivity (Wildman–Crippen MR) is 49.1 cm³/mol. The minimum absolute atomic E-state index is 0.0926. The molecule has 0 spiro atoms. The number of carbonyl (C=O) groups excluding carboxylic acids is 1. The lowest BCUT2D eigenvalue weighted by Gasteiger charge is -2.25. The van der Waals surface area contributed by atoms with Crippen LogP contribution in [0.2, 0.25) is 0 Å². The van der Waals surface area contributed by atoms with Crippen molar-refractivity contribution in [3.05, 3.63) is 0 Å². The van der Waals surface area contributed by atoms with Gasteiger partial charge in [0.1, 0.15) is 0 Å². The zero-order chi connectivity index (χ0) is 9.14. The Hall–Kier alpha value is -0.730. The highest BCUT2D eigenvalue weighted by Gasteiger charge is 2.25. The largest absolute Gasteiger partial charge is 0.335 e. The molecule has 0 radical (unpaired) electrons. The summed E-state index contributed by atoms with van der Waals surface area (Å²) in [4.78, 5) is 13.3. The lowest BCUT2D eigenvalue weighted by Crippen LogP contribution is -2.44. The van der Waals surface area contributed by atoms with Gasteiger partial charge in [0.25, 0.3) is 0 Å². The average Bonchev–Trinajstić information content (AvgIpc) is 2.71. The third kappa shape index (κ3) is 2.40. The second-order valence-electron chi connectivity index (χ2n) is 3.60. The second kappa shape index (κ2) is 3.78. The van der Waals surface area contributed by atoms with Crippen molar-refractivity contribution in [3.63, 3.8) is 0 Å². The molecule has 0 unspecified atom stereocenters. The van der Waals surface area contributed by atoms with Crippen LogP contribution in [0.1, 0.15) is 33.6 Å². The van der Waals surface area contributed by atoms with Crippen molar-refractivity contribution >= 4 is 6.03 Å². The maximum atomic E-state index is 11.5. The Labute approximate surface area is 74.1 Å². The summed E-state index contributed by atoms with van der Waals surface area (Å²) in [6.07, 6.45) is 2.31. The minimum atomic E-state index is 0.0926. The van der Waals surface area contributed by atoms with E-state index in [1.54, 1.807) is 0 Å². The van der Waals surface area contributed by atoms with Gasteiger partial charge in [-0.3, -0.25) is 0 Å². The summed E-state index contributed by atoms with van der Waals surface area (Å²) >= 11 is 0. The Bertz CT molecular complexity index is 164. The van der Waals surface area contributed by atoms with Crippen LogP contribution in [0.25, 0.3) is 0 Å². The summed E-state index contributed by atoms with van der Waals surface area (Å²) in [6.45, 7) is 6.87. The molecule has 1 aliphatic carbocycles. The fourth-order valence-corrected chi connectivity index (χ4v) is 1.23. The van der Waals surface area contributed by atoms with Gasteiger partial charge in [-0.25, -0.2) is 4.79 Å². The van der Waals surface area contributed by atoms with Gasteiger partial charge in [-0.2, -0.15) is 0 Å². The Kier molecular flexibility index (Phi) is 2.95. The number of nitrogens with one attached hydrogen (secondary N) is 1. The molecule has 0 heterocycles. The van der Waals surface area contributed by atoms with E-state index in [9.17, 15) is 4.79 Å². The lowest BCUT2D eigenvalue weighted by molar-refractivity contribution is 0.186. The Morgan fingerprint density at radius 2 is 2.17 bits per heavy atom. The number of carbonyl (C=O) groups is 1. The van der Waals surface area contributed by atoms with E-state index < -0.39 is 0 Å². The van der Waals surface area contributed by atoms with Crippen LogP contribution in [0, 0.1) is 0 Å². The minimum Gasteiger partial charge on any atom is -0.335 e. The molecule has 1 fully saturated rings. The highest BCUT2D eigenvalue weighted by molar-refractivity contribution is 5.75. The quantitative estimate of drug-likeness (QED) is 0.685. The van der Waals surface area contributed by atoms with Gasteiger partial charge in [-0.05, 0) is 33.6 Å². The summed E-state index contributed by atoms with van der Waals surface area (Å²) in [7, 11) is 0. The Balaban J connectivity index is 2.35. The zero-order valence-electron chi connectivity index (χ0n) is 8.13. The first-order valence-corrected chi connectivity index (χ1v) is 4.72. The first kappa shape index (κ1) is 9.36. The maximum absolute atomic E-state index is 11.5. The SMILES string of the molecule is CCN(C(=O)NC1CC1)C(C)C. The highest BCUT2D eigenvalue weighted by atomic mass is 16.2. The molecule has 0 saturated heterocycles. The summed E-state index contributed by atoms with van der Waals surface area (Å²) < 4.78 is 0. The normalized spacial score (nSPS) is 16.3. The van der Waals surface area contributed by atoms with Crippen molar-refractivity contribution in [2.24, 2.45) is 0 Å². The zero-order valence-corrected chi connectivity index (χ0v) is 8.13. The van der Waals surface area contributed by atoms with Crippen LogP contribution in [0.3, 0.4) is 0 Å². The van der Waals surface area contributed by atoms with E-state index in [-0.39, 0.29) is 6.03 Å². The molecule has 3 heteroatoms. The van der Waals surface area contributed by atoms with Crippen molar-refractivity contribution in [3.8, 4) is 0 Å². The van der Waals surface area contributed by atoms with Crippen LogP contribution in [0.4, 0.5) is 4.79 Å². The molecule has 2 amide bonds. The van der Waals surface area contributed by atoms with Gasteiger partial charge >= 0.3 is 6.03 Å². The molecule has 0 aromatic heterocycles. The molecule has 0 aromatic rings. The molecule has 12 heavy (non-hydrogen) atoms. The second-order valence-corrected chi connectivity index (χ2v) is 3.60. The predicted octanol–water partition coefficient (Wildman–Crippen LogP) is 1.59. The standard InChI is InChI=1S/C9H18N2O/c1-4-11(7(2)3)9(12)10-8-5-6-8/h7-8H,4-6H2,1-3H3,(H,10,12). The van der Waals surface area contributed by atoms with E-state index in [1.807, 2.05) is 25.7 Å². The van der Waals surface area contributed by atoms with E-state index in [1.165, 1.54) is 0 Å². The number of nitrogens with zero attached hydrogens (tertiary/aromatic N) is 1. The van der Waals surface area contributed by atoms with E-state index in [2.05, 4.69) is 5.32 Å². The van der Waals surface area contributed by atoms with Gasteiger partial charge in [-0.15, -0.1) is 0 Å². The summed E-state index contributed by atoms with van der Waals surface area (Å²) in [5.41, 5.74) is 0. The van der Waals surface area contributed by atoms with Crippen LogP contribution < -0.4 is 5.32 Å². The van der Waals surface area contributed by atoms with Crippen molar-refractivity contribution in [1.82, 2.24) is 10.2 Å². The van der Waals surface area contributed by atoms with Gasteiger partial charge in [0.05, 0.1) is 0 Å². The first-order chi connectivity index (χ1) is 5.65. The van der Waals surface area contributed by atoms with Gasteiger partial charge in [0.2, 0.25) is 0 Å². The Morgan fingerprint density at radius 1 is 1.58 bits per heavy atom. The number of hydrogen-bond acceptors (Lipinski definition) is 1. The molecular formula is C9H18N2O. The first-order valence-electron chi connectivity index (χ1n) is 4.72. The van der Waals surface area contributed by atoms with Gasteiger partial charge in [0, 0.05) is 18.6 Å². The smallest absolute Gasteiger partial charge is 0.317 e. The average molecular weight is 170 g/mol. The molecule has 0 aliphatic heterocycles. The fourth-order valence-electron chi connectivity index (χ4n) is 1.23. The molecule has 1 saturated carbocycles. The van der Waals surface area contributed by atoms with Crippen molar-refractivity contribution in [2.45, 2.75) is 45.7 Å². The Morgan fingerprint density at radius 3 is 2.50 bits per heavy atom. The van der Waals surface area contributed by atoms with E-state index in [4.69, 9.17) is 0 Å². The van der Waals surface area contributed by atoms with Crippen LogP contribution in [0.15, 0.2) is 0 Å². The van der Waals surface area contributed by atoms with Crippen LogP contribution in [-0.4, -0.2) is 29.6 Å². The molecule has 1 N–H and O–H groups in total. The molecule has 0 aromatic carbocycles. The summed E-state index contributed by atoms with van der Waals surface area (Å²) in [5.74, 6) is 0. The number of urea groups is 1. The number of rotatable bonds is 3. The molecule has 3 nitrogen and oxygen atoms in total. The van der Waals surface area contributed by atoms with Crippen molar-refractivity contribution in [2.75, 3.05) is 6.54 Å². The molecule has 0 bridgehead atoms. The van der Waals surface area contributed by atoms with Crippen molar-refractivity contribution < 1.29 is 4.79 Å². The summed E-state index contributed by atoms with van der Waals surface area (Å²) in [5, 5.41) is 2.97. The topological polar surface area (TPSA) is 32.3 Å². The van der Waals surface area contributed by atoms with Crippen LogP contribution >= 0.6 is 0 Å². The van der Waals surface area contributed by atoms with Gasteiger partial charge < -0.3 is 10.2 Å².